The third-order valence-corrected chi connectivity index (χ3v) is 4.07. The van der Waals surface area contributed by atoms with E-state index in [1.165, 1.54) is 12.8 Å². The maximum atomic E-state index is 10.1. The van der Waals surface area contributed by atoms with Gasteiger partial charge in [0.05, 0.1) is 11.9 Å². The van der Waals surface area contributed by atoms with E-state index < -0.39 is 6.10 Å². The van der Waals surface area contributed by atoms with E-state index in [1.54, 1.807) is 10.9 Å². The lowest BCUT2D eigenvalue weighted by Crippen LogP contribution is -2.21. The molecule has 0 amide bonds. The molecule has 1 aromatic heterocycles. The molecule has 1 N–H and O–H groups in total. The van der Waals surface area contributed by atoms with Gasteiger partial charge in [-0.05, 0) is 18.6 Å². The predicted octanol–water partition coefficient (Wildman–Crippen LogP) is 1.13. The molecular weight excluding hydrogens is 198 g/mol. The van der Waals surface area contributed by atoms with Crippen molar-refractivity contribution in [3.8, 4) is 0 Å². The van der Waals surface area contributed by atoms with E-state index in [0.717, 1.165) is 17.9 Å². The Morgan fingerprint density at radius 1 is 1.64 bits per heavy atom. The van der Waals surface area contributed by atoms with E-state index in [0.29, 0.717) is 5.25 Å². The summed E-state index contributed by atoms with van der Waals surface area (Å²) in [4.78, 5) is 0. The van der Waals surface area contributed by atoms with Crippen molar-refractivity contribution in [3.05, 3.63) is 11.9 Å². The van der Waals surface area contributed by atoms with Crippen LogP contribution in [0.5, 0.6) is 0 Å². The van der Waals surface area contributed by atoms with Gasteiger partial charge in [0.25, 0.3) is 0 Å². The quantitative estimate of drug-likeness (QED) is 0.800. The molecule has 2 rings (SSSR count). The molecule has 2 atom stereocenters. The monoisotopic (exact) mass is 213 g/mol. The number of aliphatic hydroxyl groups is 1. The highest BCUT2D eigenvalue weighted by atomic mass is 32.2. The smallest absolute Gasteiger partial charge is 0.109 e. The molecular formula is C9H15N3OS. The molecule has 78 valence electrons. The minimum absolute atomic E-state index is 0.320. The predicted molar refractivity (Wildman–Crippen MR) is 56.1 cm³/mol. The van der Waals surface area contributed by atoms with Crippen LogP contribution in [-0.2, 0) is 7.05 Å². The average molecular weight is 213 g/mol. The van der Waals surface area contributed by atoms with E-state index in [2.05, 4.69) is 10.3 Å². The first-order valence-corrected chi connectivity index (χ1v) is 5.98. The summed E-state index contributed by atoms with van der Waals surface area (Å²) >= 11 is 1.86. The van der Waals surface area contributed by atoms with Crippen LogP contribution >= 0.6 is 11.8 Å². The molecule has 1 aliphatic rings. The van der Waals surface area contributed by atoms with Crippen molar-refractivity contribution < 1.29 is 5.11 Å². The van der Waals surface area contributed by atoms with Crippen LogP contribution in [0.1, 0.15) is 31.1 Å². The Bertz CT molecular complexity index is 296. The van der Waals surface area contributed by atoms with Gasteiger partial charge in [0.1, 0.15) is 6.10 Å². The fourth-order valence-electron chi connectivity index (χ4n) is 1.77. The van der Waals surface area contributed by atoms with Gasteiger partial charge in [0.15, 0.2) is 0 Å². The van der Waals surface area contributed by atoms with Crippen molar-refractivity contribution in [3.63, 3.8) is 0 Å². The molecule has 0 bridgehead atoms. The molecule has 1 saturated heterocycles. The highest BCUT2D eigenvalue weighted by Crippen LogP contribution is 2.33. The molecule has 2 heterocycles. The van der Waals surface area contributed by atoms with Gasteiger partial charge in [-0.1, -0.05) is 11.6 Å². The summed E-state index contributed by atoms with van der Waals surface area (Å²) in [6, 6.07) is 0. The van der Waals surface area contributed by atoms with Gasteiger partial charge in [-0.25, -0.2) is 4.68 Å². The van der Waals surface area contributed by atoms with Crippen molar-refractivity contribution in [2.24, 2.45) is 7.05 Å². The molecule has 2 unspecified atom stereocenters. The zero-order chi connectivity index (χ0) is 9.97. The normalized spacial score (nSPS) is 24.9. The molecule has 1 fully saturated rings. The second-order valence-corrected chi connectivity index (χ2v) is 4.98. The summed E-state index contributed by atoms with van der Waals surface area (Å²) in [5.74, 6) is 1.16. The molecule has 0 aromatic carbocycles. The van der Waals surface area contributed by atoms with E-state index in [1.807, 2.05) is 18.8 Å². The first-order chi connectivity index (χ1) is 6.79. The zero-order valence-corrected chi connectivity index (χ0v) is 9.07. The van der Waals surface area contributed by atoms with E-state index in [-0.39, 0.29) is 0 Å². The second-order valence-electron chi connectivity index (χ2n) is 3.63. The Morgan fingerprint density at radius 3 is 3.07 bits per heavy atom. The maximum absolute atomic E-state index is 10.1. The standard InChI is InChI=1S/C9H15N3OS/c1-12-7(6-10-11-12)9(13)8-4-2-3-5-14-8/h6,8-9,13H,2-5H2,1H3. The summed E-state index contributed by atoms with van der Waals surface area (Å²) in [5, 5.41) is 18.0. The van der Waals surface area contributed by atoms with Gasteiger partial charge in [0, 0.05) is 12.3 Å². The Kier molecular flexibility index (Phi) is 3.08. The lowest BCUT2D eigenvalue weighted by atomic mass is 10.1. The largest absolute Gasteiger partial charge is 0.386 e. The van der Waals surface area contributed by atoms with Gasteiger partial charge in [-0.3, -0.25) is 0 Å². The number of nitrogens with zero attached hydrogens (tertiary/aromatic N) is 3. The van der Waals surface area contributed by atoms with Gasteiger partial charge >= 0.3 is 0 Å². The summed E-state index contributed by atoms with van der Waals surface area (Å²) in [6.45, 7) is 0. The van der Waals surface area contributed by atoms with Crippen LogP contribution in [0.15, 0.2) is 6.20 Å². The average Bonchev–Trinajstić information content (AvgIpc) is 2.65. The number of aliphatic hydroxyl groups excluding tert-OH is 1. The van der Waals surface area contributed by atoms with Crippen LogP contribution in [-0.4, -0.2) is 31.1 Å². The number of rotatable bonds is 2. The first-order valence-electron chi connectivity index (χ1n) is 4.93. The molecule has 1 aliphatic heterocycles. The van der Waals surface area contributed by atoms with Gasteiger partial charge < -0.3 is 5.11 Å². The molecule has 0 spiro atoms. The van der Waals surface area contributed by atoms with Gasteiger partial charge in [-0.15, -0.1) is 5.10 Å². The summed E-state index contributed by atoms with van der Waals surface area (Å²) in [5.41, 5.74) is 0.824. The first kappa shape index (κ1) is 9.98. The summed E-state index contributed by atoms with van der Waals surface area (Å²) in [7, 11) is 1.82. The Labute approximate surface area is 87.7 Å². The highest BCUT2D eigenvalue weighted by Gasteiger charge is 2.25. The third kappa shape index (κ3) is 1.93. The Hall–Kier alpha value is -0.550. The highest BCUT2D eigenvalue weighted by molar-refractivity contribution is 7.99. The Morgan fingerprint density at radius 2 is 2.50 bits per heavy atom. The molecule has 1 aromatic rings. The van der Waals surface area contributed by atoms with Gasteiger partial charge in [0.2, 0.25) is 0 Å². The fourth-order valence-corrected chi connectivity index (χ4v) is 3.10. The SMILES string of the molecule is Cn1nncc1C(O)C1CCCCS1. The number of aryl methyl sites for hydroxylation is 1. The second kappa shape index (κ2) is 4.31. The van der Waals surface area contributed by atoms with E-state index >= 15 is 0 Å². The topological polar surface area (TPSA) is 50.9 Å². The van der Waals surface area contributed by atoms with Crippen molar-refractivity contribution in [2.75, 3.05) is 5.75 Å². The number of hydrogen-bond acceptors (Lipinski definition) is 4. The number of hydrogen-bond donors (Lipinski definition) is 1. The minimum atomic E-state index is -0.416. The van der Waals surface area contributed by atoms with Crippen molar-refractivity contribution in [2.45, 2.75) is 30.6 Å². The molecule has 0 radical (unpaired) electrons. The van der Waals surface area contributed by atoms with E-state index in [4.69, 9.17) is 0 Å². The lowest BCUT2D eigenvalue weighted by Gasteiger charge is -2.25. The summed E-state index contributed by atoms with van der Waals surface area (Å²) < 4.78 is 1.65. The minimum Gasteiger partial charge on any atom is -0.386 e. The number of aromatic nitrogens is 3. The maximum Gasteiger partial charge on any atom is 0.109 e. The van der Waals surface area contributed by atoms with Crippen molar-refractivity contribution in [1.82, 2.24) is 15.0 Å². The molecule has 14 heavy (non-hydrogen) atoms. The van der Waals surface area contributed by atoms with Crippen LogP contribution in [0.2, 0.25) is 0 Å². The molecule has 0 aliphatic carbocycles. The zero-order valence-electron chi connectivity index (χ0n) is 8.26. The van der Waals surface area contributed by atoms with Crippen molar-refractivity contribution >= 4 is 11.8 Å². The van der Waals surface area contributed by atoms with Crippen LogP contribution in [0.4, 0.5) is 0 Å². The fraction of sp³-hybridized carbons (Fsp3) is 0.778. The van der Waals surface area contributed by atoms with E-state index in [9.17, 15) is 5.11 Å². The number of thioether (sulfide) groups is 1. The van der Waals surface area contributed by atoms with Crippen molar-refractivity contribution in [1.29, 1.82) is 0 Å². The lowest BCUT2D eigenvalue weighted by molar-refractivity contribution is 0.159. The van der Waals surface area contributed by atoms with Crippen LogP contribution in [0.3, 0.4) is 0 Å². The summed E-state index contributed by atoms with van der Waals surface area (Å²) in [6.07, 6.45) is 4.83. The molecule has 0 saturated carbocycles. The van der Waals surface area contributed by atoms with Gasteiger partial charge in [-0.2, -0.15) is 11.8 Å². The molecule has 4 nitrogen and oxygen atoms in total. The Balaban J connectivity index is 2.07. The van der Waals surface area contributed by atoms with Crippen LogP contribution in [0.25, 0.3) is 0 Å². The molecule has 5 heteroatoms. The third-order valence-electron chi connectivity index (χ3n) is 2.62. The van der Waals surface area contributed by atoms with Crippen LogP contribution < -0.4 is 0 Å². The van der Waals surface area contributed by atoms with Crippen LogP contribution in [0, 0.1) is 0 Å².